The minimum atomic E-state index is -0.164. The number of aromatic nitrogens is 2. The molecule has 7 nitrogen and oxygen atoms in total. The normalized spacial score (nSPS) is 13.8. The summed E-state index contributed by atoms with van der Waals surface area (Å²) in [6, 6.07) is 23.8. The van der Waals surface area contributed by atoms with Crippen LogP contribution in [0.2, 0.25) is 0 Å². The lowest BCUT2D eigenvalue weighted by molar-refractivity contribution is 0.122. The number of anilines is 3. The summed E-state index contributed by atoms with van der Waals surface area (Å²) in [4.78, 5) is 17.0. The number of amides is 2. The summed E-state index contributed by atoms with van der Waals surface area (Å²) in [5.41, 5.74) is 5.61. The number of carbonyl (C=O) groups excluding carboxylic acids is 1. The van der Waals surface area contributed by atoms with Crippen LogP contribution in [0.1, 0.15) is 6.92 Å². The summed E-state index contributed by atoms with van der Waals surface area (Å²) in [6.45, 7) is 5.88. The van der Waals surface area contributed by atoms with Crippen molar-refractivity contribution in [3.05, 3.63) is 72.8 Å². The number of rotatable bonds is 5. The van der Waals surface area contributed by atoms with E-state index in [-0.39, 0.29) is 6.03 Å². The topological polar surface area (TPSA) is 73.5 Å². The second kappa shape index (κ2) is 9.34. The second-order valence-electron chi connectivity index (χ2n) is 7.99. The molecule has 0 atom stereocenters. The van der Waals surface area contributed by atoms with Crippen molar-refractivity contribution in [1.29, 1.82) is 0 Å². The second-order valence-corrected chi connectivity index (χ2v) is 7.99. The molecule has 0 unspecified atom stereocenters. The Morgan fingerprint density at radius 3 is 2.55 bits per heavy atom. The molecule has 0 bridgehead atoms. The average molecular weight is 442 g/mol. The Labute approximate surface area is 193 Å². The van der Waals surface area contributed by atoms with E-state index in [1.165, 1.54) is 5.69 Å². The molecule has 33 heavy (non-hydrogen) atoms. The third-order valence-electron chi connectivity index (χ3n) is 5.96. The number of hydrogen-bond acceptors (Lipinski definition) is 4. The first kappa shape index (κ1) is 21.0. The lowest BCUT2D eigenvalue weighted by Crippen LogP contribution is -2.36. The van der Waals surface area contributed by atoms with E-state index in [0.717, 1.165) is 59.8 Å². The highest BCUT2D eigenvalue weighted by Crippen LogP contribution is 2.30. The first-order valence-corrected chi connectivity index (χ1v) is 11.3. The molecule has 5 rings (SSSR count). The third kappa shape index (κ3) is 4.40. The minimum Gasteiger partial charge on any atom is -0.378 e. The number of ether oxygens (including phenoxy) is 1. The first-order chi connectivity index (χ1) is 16.2. The van der Waals surface area contributed by atoms with Crippen molar-refractivity contribution in [3.8, 4) is 11.3 Å². The number of fused-ring (bicyclic) bond motifs is 1. The van der Waals surface area contributed by atoms with Gasteiger partial charge in [0.1, 0.15) is 0 Å². The Hall–Kier alpha value is -3.84. The molecule has 1 saturated heterocycles. The number of hydrogen-bond donors (Lipinski definition) is 2. The van der Waals surface area contributed by atoms with E-state index in [1.807, 2.05) is 55.5 Å². The van der Waals surface area contributed by atoms with Crippen LogP contribution in [0.25, 0.3) is 22.2 Å². The fourth-order valence-electron chi connectivity index (χ4n) is 4.21. The summed E-state index contributed by atoms with van der Waals surface area (Å²) in [6.07, 6.45) is 0. The maximum absolute atomic E-state index is 12.9. The van der Waals surface area contributed by atoms with Crippen molar-refractivity contribution < 1.29 is 9.53 Å². The quantitative estimate of drug-likeness (QED) is 0.451. The number of aromatic amines is 1. The van der Waals surface area contributed by atoms with Crippen molar-refractivity contribution in [1.82, 2.24) is 10.2 Å². The predicted molar refractivity (Wildman–Crippen MR) is 133 cm³/mol. The van der Waals surface area contributed by atoms with Gasteiger partial charge in [0.2, 0.25) is 0 Å². The smallest absolute Gasteiger partial charge is 0.326 e. The van der Waals surface area contributed by atoms with Gasteiger partial charge < -0.3 is 15.0 Å². The molecular formula is C26H27N5O2. The molecule has 168 valence electrons. The number of benzene rings is 3. The maximum Gasteiger partial charge on any atom is 0.326 e. The summed E-state index contributed by atoms with van der Waals surface area (Å²) in [7, 11) is 0. The summed E-state index contributed by atoms with van der Waals surface area (Å²) < 4.78 is 5.45. The van der Waals surface area contributed by atoms with Crippen LogP contribution in [-0.2, 0) is 4.74 Å². The van der Waals surface area contributed by atoms with Gasteiger partial charge in [0.15, 0.2) is 0 Å². The van der Waals surface area contributed by atoms with Gasteiger partial charge in [0.05, 0.1) is 24.4 Å². The maximum atomic E-state index is 12.9. The summed E-state index contributed by atoms with van der Waals surface area (Å²) in [5, 5.41) is 11.6. The number of urea groups is 1. The van der Waals surface area contributed by atoms with Gasteiger partial charge in [-0.3, -0.25) is 10.00 Å². The summed E-state index contributed by atoms with van der Waals surface area (Å²) >= 11 is 0. The Morgan fingerprint density at radius 1 is 1.06 bits per heavy atom. The monoisotopic (exact) mass is 441 g/mol. The number of nitrogens with one attached hydrogen (secondary N) is 2. The molecule has 0 radical (unpaired) electrons. The standard InChI is InChI=1S/C26H27N5O2/c1-2-31(22-6-4-3-5-7-22)26(32)27-20-10-13-24-23(18-20)25(29-28-24)19-8-11-21(12-9-19)30-14-16-33-17-15-30/h3-13,18H,2,14-17H2,1H3,(H,27,32)(H,28,29). The minimum absolute atomic E-state index is 0.164. The van der Waals surface area contributed by atoms with Crippen LogP contribution in [0.4, 0.5) is 21.9 Å². The molecule has 1 aliphatic heterocycles. The molecule has 0 saturated carbocycles. The molecule has 0 aliphatic carbocycles. The molecule has 1 aliphatic rings. The van der Waals surface area contributed by atoms with Gasteiger partial charge in [-0.25, -0.2) is 4.79 Å². The Morgan fingerprint density at radius 2 is 1.82 bits per heavy atom. The number of carbonyl (C=O) groups is 1. The van der Waals surface area contributed by atoms with Crippen molar-refractivity contribution in [2.45, 2.75) is 6.92 Å². The van der Waals surface area contributed by atoms with Gasteiger partial charge in [-0.15, -0.1) is 0 Å². The summed E-state index contributed by atoms with van der Waals surface area (Å²) in [5.74, 6) is 0. The largest absolute Gasteiger partial charge is 0.378 e. The van der Waals surface area contributed by atoms with Crippen LogP contribution in [0.5, 0.6) is 0 Å². The molecule has 4 aromatic rings. The highest BCUT2D eigenvalue weighted by molar-refractivity contribution is 6.04. The van der Waals surface area contributed by atoms with E-state index in [9.17, 15) is 4.79 Å². The predicted octanol–water partition coefficient (Wildman–Crippen LogP) is 5.12. The number of nitrogens with zero attached hydrogens (tertiary/aromatic N) is 3. The molecule has 0 spiro atoms. The van der Waals surface area contributed by atoms with Crippen LogP contribution in [0.15, 0.2) is 72.8 Å². The van der Waals surface area contributed by atoms with E-state index >= 15 is 0 Å². The van der Waals surface area contributed by atoms with E-state index in [2.05, 4.69) is 44.7 Å². The Balaban J connectivity index is 1.38. The van der Waals surface area contributed by atoms with Crippen LogP contribution in [0, 0.1) is 0 Å². The van der Waals surface area contributed by atoms with Gasteiger partial charge in [0, 0.05) is 47.6 Å². The van der Waals surface area contributed by atoms with Crippen molar-refractivity contribution in [3.63, 3.8) is 0 Å². The number of para-hydroxylation sites is 1. The van der Waals surface area contributed by atoms with Gasteiger partial charge >= 0.3 is 6.03 Å². The lowest BCUT2D eigenvalue weighted by atomic mass is 10.1. The highest BCUT2D eigenvalue weighted by Gasteiger charge is 2.16. The van der Waals surface area contributed by atoms with Crippen LogP contribution >= 0.6 is 0 Å². The van der Waals surface area contributed by atoms with Crippen LogP contribution in [0.3, 0.4) is 0 Å². The van der Waals surface area contributed by atoms with Gasteiger partial charge in [-0.05, 0) is 49.4 Å². The zero-order valence-electron chi connectivity index (χ0n) is 18.6. The Kier molecular flexibility index (Phi) is 5.95. The number of H-pyrrole nitrogens is 1. The lowest BCUT2D eigenvalue weighted by Gasteiger charge is -2.28. The molecule has 1 aromatic heterocycles. The fraction of sp³-hybridized carbons (Fsp3) is 0.231. The van der Waals surface area contributed by atoms with Crippen molar-refractivity contribution in [2.75, 3.05) is 48.0 Å². The van der Waals surface area contributed by atoms with Gasteiger partial charge in [-0.1, -0.05) is 30.3 Å². The molecule has 1 fully saturated rings. The molecule has 7 heteroatoms. The highest BCUT2D eigenvalue weighted by atomic mass is 16.5. The third-order valence-corrected chi connectivity index (χ3v) is 5.96. The van der Waals surface area contributed by atoms with Gasteiger partial charge in [-0.2, -0.15) is 5.10 Å². The van der Waals surface area contributed by atoms with Gasteiger partial charge in [0.25, 0.3) is 0 Å². The van der Waals surface area contributed by atoms with Crippen LogP contribution < -0.4 is 15.1 Å². The average Bonchev–Trinajstić information content (AvgIpc) is 3.29. The molecule has 2 N–H and O–H groups in total. The van der Waals surface area contributed by atoms with E-state index in [1.54, 1.807) is 4.90 Å². The zero-order valence-corrected chi connectivity index (χ0v) is 18.6. The van der Waals surface area contributed by atoms with Crippen molar-refractivity contribution in [2.24, 2.45) is 0 Å². The molecular weight excluding hydrogens is 414 g/mol. The molecule has 2 amide bonds. The van der Waals surface area contributed by atoms with Crippen LogP contribution in [-0.4, -0.2) is 49.1 Å². The fourth-order valence-corrected chi connectivity index (χ4v) is 4.21. The first-order valence-electron chi connectivity index (χ1n) is 11.3. The number of morpholine rings is 1. The Bertz CT molecular complexity index is 1230. The van der Waals surface area contributed by atoms with E-state index < -0.39 is 0 Å². The van der Waals surface area contributed by atoms with E-state index in [0.29, 0.717) is 6.54 Å². The van der Waals surface area contributed by atoms with Crippen molar-refractivity contribution >= 4 is 34.0 Å². The molecule has 3 aromatic carbocycles. The molecule has 2 heterocycles. The van der Waals surface area contributed by atoms with E-state index in [4.69, 9.17) is 4.74 Å². The zero-order chi connectivity index (χ0) is 22.6. The SMILES string of the molecule is CCN(C(=O)Nc1ccc2[nH]nc(-c3ccc(N4CCOCC4)cc3)c2c1)c1ccccc1.